The number of hydrogen-bond acceptors (Lipinski definition) is 5. The summed E-state index contributed by atoms with van der Waals surface area (Å²) in [5, 5.41) is 0. The molecule has 220 valence electrons. The van der Waals surface area contributed by atoms with Crippen LogP contribution in [0.2, 0.25) is 0 Å². The van der Waals surface area contributed by atoms with Gasteiger partial charge < -0.3 is 4.90 Å². The molecule has 0 unspecified atom stereocenters. The van der Waals surface area contributed by atoms with Crippen LogP contribution >= 0.6 is 113 Å². The van der Waals surface area contributed by atoms with Crippen molar-refractivity contribution < 1.29 is 8.78 Å². The average Bonchev–Trinajstić information content (AvgIpc) is 2.95. The van der Waals surface area contributed by atoms with Crippen molar-refractivity contribution >= 4 is 113 Å². The predicted molar refractivity (Wildman–Crippen MR) is 193 cm³/mol. The van der Waals surface area contributed by atoms with Gasteiger partial charge in [-0.25, -0.2) is 8.78 Å². The fourth-order valence-electron chi connectivity index (χ4n) is 3.16. The second-order valence-electron chi connectivity index (χ2n) is 8.15. The minimum absolute atomic E-state index is 0.506. The minimum Gasteiger partial charge on any atom is -0.304 e. The van der Waals surface area contributed by atoms with Gasteiger partial charge in [0.25, 0.3) is 0 Å². The van der Waals surface area contributed by atoms with Gasteiger partial charge >= 0.3 is 0 Å². The van der Waals surface area contributed by atoms with E-state index in [2.05, 4.69) is 151 Å². The third kappa shape index (κ3) is 12.5. The van der Waals surface area contributed by atoms with Crippen LogP contribution < -0.4 is 0 Å². The Labute approximate surface area is 295 Å². The zero-order valence-corrected chi connectivity index (χ0v) is 32.2. The normalized spacial score (nSPS) is 11.1. The molecule has 0 amide bonds. The molecule has 4 aromatic rings. The molecule has 1 heterocycles. The van der Waals surface area contributed by atoms with Gasteiger partial charge in [0.1, 0.15) is 0 Å². The number of nitrogens with zero attached hydrogens (tertiary/aromatic N) is 1. The van der Waals surface area contributed by atoms with E-state index < -0.39 is 11.6 Å². The number of benzene rings is 4. The zero-order valence-electron chi connectivity index (χ0n) is 22.5. The first-order valence-corrected chi connectivity index (χ1v) is 18.1. The van der Waals surface area contributed by atoms with Crippen molar-refractivity contribution in [2.45, 2.75) is 50.1 Å². The lowest BCUT2D eigenvalue weighted by atomic mass is 10.3. The third-order valence-electron chi connectivity index (χ3n) is 5.46. The average molecular weight is 889 g/mol. The molecule has 0 saturated carbocycles. The summed E-state index contributed by atoms with van der Waals surface area (Å²) >= 11 is 25.1. The Kier molecular flexibility index (Phi) is 17.6. The number of hydrogen-bond donors (Lipinski definition) is 2. The lowest BCUT2D eigenvalue weighted by Crippen LogP contribution is -2.21. The lowest BCUT2D eigenvalue weighted by Gasteiger charge is -2.18. The van der Waals surface area contributed by atoms with Crippen molar-refractivity contribution in [2.75, 3.05) is 19.6 Å². The standard InChI is InChI=1S/C12H6Br2S2.C6H2Br2F2.C6H15N.C6H6S2/c13-7-5-11-12(6-8(7)14)16-10-4-2-1-3-9(10)15-11;7-3-1-5(9)6(10)2-4(3)8;1-4-7(5-2)6-3;7-5-3-1-2-4-6(5)8/h1-6H;1-2H;4-6H2,1-3H3;1-4,7-8H. The van der Waals surface area contributed by atoms with Crippen LogP contribution in [-0.2, 0) is 0 Å². The van der Waals surface area contributed by atoms with Gasteiger partial charge in [0, 0.05) is 47.3 Å². The van der Waals surface area contributed by atoms with Gasteiger partial charge in [0.2, 0.25) is 0 Å². The van der Waals surface area contributed by atoms with Gasteiger partial charge in [-0.1, -0.05) is 68.6 Å². The topological polar surface area (TPSA) is 3.24 Å². The summed E-state index contributed by atoms with van der Waals surface area (Å²) in [6.07, 6.45) is 0. The summed E-state index contributed by atoms with van der Waals surface area (Å²) < 4.78 is 27.9. The van der Waals surface area contributed by atoms with E-state index >= 15 is 0 Å². The SMILES string of the molecule is Brc1cc2c(cc1Br)Sc1ccccc1S2.CCN(CC)CC.Fc1cc(Br)c(Br)cc1F.Sc1ccccc1S. The van der Waals surface area contributed by atoms with Crippen LogP contribution in [0.15, 0.2) is 120 Å². The fraction of sp³-hybridized carbons (Fsp3) is 0.200. The molecule has 1 aliphatic rings. The first-order chi connectivity index (χ1) is 19.5. The molecule has 0 aromatic heterocycles. The first kappa shape index (κ1) is 37.2. The molecule has 0 spiro atoms. The Bertz CT molecular complexity index is 1290. The molecule has 1 aliphatic heterocycles. The van der Waals surface area contributed by atoms with Gasteiger partial charge in [-0.15, -0.1) is 25.3 Å². The molecule has 0 radical (unpaired) electrons. The maximum absolute atomic E-state index is 12.3. The van der Waals surface area contributed by atoms with Crippen LogP contribution in [0.4, 0.5) is 8.78 Å². The Balaban J connectivity index is 0.000000205. The maximum atomic E-state index is 12.3. The smallest absolute Gasteiger partial charge is 0.160 e. The van der Waals surface area contributed by atoms with Crippen molar-refractivity contribution in [2.24, 2.45) is 0 Å². The van der Waals surface area contributed by atoms with E-state index in [-0.39, 0.29) is 0 Å². The van der Waals surface area contributed by atoms with Crippen LogP contribution in [-0.4, -0.2) is 24.5 Å². The van der Waals surface area contributed by atoms with Crippen LogP contribution in [0.25, 0.3) is 0 Å². The Morgan fingerprint density at radius 2 is 0.878 bits per heavy atom. The van der Waals surface area contributed by atoms with Crippen LogP contribution in [0.5, 0.6) is 0 Å². The molecule has 0 aliphatic carbocycles. The second kappa shape index (κ2) is 19.4. The third-order valence-corrected chi connectivity index (χ3v) is 12.6. The van der Waals surface area contributed by atoms with Gasteiger partial charge in [-0.3, -0.25) is 0 Å². The van der Waals surface area contributed by atoms with Crippen LogP contribution in [0.1, 0.15) is 20.8 Å². The number of halogens is 6. The van der Waals surface area contributed by atoms with Gasteiger partial charge in [-0.05, 0) is 132 Å². The number of thiol groups is 2. The molecule has 4 aromatic carbocycles. The van der Waals surface area contributed by atoms with E-state index in [0.717, 1.165) is 30.9 Å². The number of rotatable bonds is 3. The molecule has 11 heteroatoms. The monoisotopic (exact) mass is 885 g/mol. The van der Waals surface area contributed by atoms with Crippen molar-refractivity contribution in [3.63, 3.8) is 0 Å². The molecule has 0 atom stereocenters. The molecular formula is C30H29Br4F2NS4. The fourth-order valence-corrected chi connectivity index (χ4v) is 7.38. The lowest BCUT2D eigenvalue weighted by molar-refractivity contribution is 0.321. The molecule has 1 nitrogen and oxygen atoms in total. The Morgan fingerprint density at radius 1 is 0.561 bits per heavy atom. The highest BCUT2D eigenvalue weighted by Crippen LogP contribution is 2.50. The van der Waals surface area contributed by atoms with Crippen molar-refractivity contribution in [1.29, 1.82) is 0 Å². The first-order valence-electron chi connectivity index (χ1n) is 12.4. The molecule has 5 rings (SSSR count). The van der Waals surface area contributed by atoms with E-state index in [1.807, 2.05) is 47.8 Å². The Hall–Kier alpha value is 0.0200. The van der Waals surface area contributed by atoms with Gasteiger partial charge in [0.15, 0.2) is 11.6 Å². The molecule has 0 bridgehead atoms. The minimum atomic E-state index is -0.852. The Morgan fingerprint density at radius 3 is 1.17 bits per heavy atom. The van der Waals surface area contributed by atoms with E-state index in [1.54, 1.807) is 0 Å². The summed E-state index contributed by atoms with van der Waals surface area (Å²) in [7, 11) is 0. The highest BCUT2D eigenvalue weighted by molar-refractivity contribution is 9.13. The predicted octanol–water partition coefficient (Wildman–Crippen LogP) is 12.9. The zero-order chi connectivity index (χ0) is 30.5. The number of fused-ring (bicyclic) bond motifs is 2. The van der Waals surface area contributed by atoms with Crippen LogP contribution in [0.3, 0.4) is 0 Å². The van der Waals surface area contributed by atoms with E-state index in [0.29, 0.717) is 8.95 Å². The van der Waals surface area contributed by atoms with Gasteiger partial charge in [0.05, 0.1) is 0 Å². The summed E-state index contributed by atoms with van der Waals surface area (Å²) in [6, 6.07) is 22.7. The van der Waals surface area contributed by atoms with Crippen LogP contribution in [0, 0.1) is 11.6 Å². The molecule has 41 heavy (non-hydrogen) atoms. The van der Waals surface area contributed by atoms with Crippen molar-refractivity contribution in [1.82, 2.24) is 4.90 Å². The second-order valence-corrected chi connectivity index (χ2v) is 14.7. The van der Waals surface area contributed by atoms with Crippen molar-refractivity contribution in [3.05, 3.63) is 102 Å². The summed E-state index contributed by atoms with van der Waals surface area (Å²) in [5.74, 6) is -1.70. The molecule has 0 N–H and O–H groups in total. The largest absolute Gasteiger partial charge is 0.304 e. The maximum Gasteiger partial charge on any atom is 0.160 e. The van der Waals surface area contributed by atoms with Gasteiger partial charge in [-0.2, -0.15) is 0 Å². The van der Waals surface area contributed by atoms with E-state index in [1.165, 1.54) is 39.2 Å². The molecular weight excluding hydrogens is 860 g/mol. The summed E-state index contributed by atoms with van der Waals surface area (Å²) in [5.41, 5.74) is 0. The molecule has 0 fully saturated rings. The highest BCUT2D eigenvalue weighted by Gasteiger charge is 2.17. The van der Waals surface area contributed by atoms with E-state index in [4.69, 9.17) is 0 Å². The highest BCUT2D eigenvalue weighted by atomic mass is 79.9. The molecule has 0 saturated heterocycles. The van der Waals surface area contributed by atoms with Crippen molar-refractivity contribution in [3.8, 4) is 0 Å². The quantitative estimate of drug-likeness (QED) is 0.137. The van der Waals surface area contributed by atoms with E-state index in [9.17, 15) is 8.78 Å². The summed E-state index contributed by atoms with van der Waals surface area (Å²) in [6.45, 7) is 10.1. The summed E-state index contributed by atoms with van der Waals surface area (Å²) in [4.78, 5) is 9.55.